The van der Waals surface area contributed by atoms with Gasteiger partial charge in [-0.1, -0.05) is 112 Å². The van der Waals surface area contributed by atoms with Crippen LogP contribution in [0, 0.1) is 0 Å². The molecule has 0 spiro atoms. The predicted molar refractivity (Wildman–Crippen MR) is 118 cm³/mol. The molecule has 0 nitrogen and oxygen atoms in total. The Balaban J connectivity index is 1.93. The molecule has 0 saturated carbocycles. The van der Waals surface area contributed by atoms with Crippen LogP contribution in [0.3, 0.4) is 0 Å². The molecule has 28 heavy (non-hydrogen) atoms. The lowest BCUT2D eigenvalue weighted by atomic mass is 9.45. The minimum atomic E-state index is 0.00769. The lowest BCUT2D eigenvalue weighted by Crippen LogP contribution is -2.50. The van der Waals surface area contributed by atoms with E-state index in [9.17, 15) is 0 Å². The van der Waals surface area contributed by atoms with Crippen molar-refractivity contribution in [2.45, 2.75) is 63.2 Å². The van der Waals surface area contributed by atoms with Gasteiger partial charge in [0, 0.05) is 10.8 Å². The summed E-state index contributed by atoms with van der Waals surface area (Å²) in [7, 11) is 0. The third-order valence-electron chi connectivity index (χ3n) is 7.35. The van der Waals surface area contributed by atoms with Crippen molar-refractivity contribution in [3.05, 3.63) is 106 Å². The van der Waals surface area contributed by atoms with E-state index in [1.165, 1.54) is 38.5 Å². The molecule has 0 aliphatic heterocycles. The normalized spacial score (nSPS) is 23.8. The molecule has 0 fully saturated rings. The number of hydrogen-bond donors (Lipinski definition) is 0. The van der Waals surface area contributed by atoms with E-state index in [1.54, 1.807) is 33.4 Å². The van der Waals surface area contributed by atoms with Gasteiger partial charge < -0.3 is 0 Å². The molecule has 0 N–H and O–H groups in total. The second kappa shape index (κ2) is 6.62. The highest BCUT2D eigenvalue weighted by atomic mass is 14.6. The first kappa shape index (κ1) is 17.7. The molecule has 0 atom stereocenters. The highest BCUT2D eigenvalue weighted by Crippen LogP contribution is 2.64. The van der Waals surface area contributed by atoms with Crippen LogP contribution < -0.4 is 0 Å². The molecule has 0 heterocycles. The van der Waals surface area contributed by atoms with Gasteiger partial charge in [-0.3, -0.25) is 0 Å². The molecule has 3 aromatic rings. The third-order valence-corrected chi connectivity index (χ3v) is 7.35. The molecule has 0 amide bonds. The maximum atomic E-state index is 2.43. The molecule has 6 rings (SSSR count). The van der Waals surface area contributed by atoms with E-state index < -0.39 is 0 Å². The molecule has 0 unspecified atom stereocenters. The molecule has 0 heteroatoms. The van der Waals surface area contributed by atoms with Gasteiger partial charge in [-0.05, 0) is 46.2 Å². The van der Waals surface area contributed by atoms with Crippen LogP contribution in [-0.4, -0.2) is 0 Å². The van der Waals surface area contributed by atoms with Crippen LogP contribution in [0.5, 0.6) is 0 Å². The summed E-state index contributed by atoms with van der Waals surface area (Å²) in [6.45, 7) is 4.63. The molecule has 0 saturated heterocycles. The quantitative estimate of drug-likeness (QED) is 0.427. The van der Waals surface area contributed by atoms with Crippen LogP contribution in [-0.2, 0) is 10.8 Å². The van der Waals surface area contributed by atoms with Crippen molar-refractivity contribution < 1.29 is 0 Å². The Morgan fingerprint density at radius 2 is 0.714 bits per heavy atom. The summed E-state index contributed by atoms with van der Waals surface area (Å²) in [5.74, 6) is 0. The molecule has 3 aromatic carbocycles. The van der Waals surface area contributed by atoms with Crippen LogP contribution in [0.1, 0.15) is 85.8 Å². The summed E-state index contributed by atoms with van der Waals surface area (Å²) in [4.78, 5) is 0. The fourth-order valence-corrected chi connectivity index (χ4v) is 6.24. The van der Waals surface area contributed by atoms with Crippen LogP contribution in [0.4, 0.5) is 0 Å². The SMILES string of the molecule is CCCCC12c3ccccc3C(CCCC)(c3ccccc31)c1ccccc12. The van der Waals surface area contributed by atoms with E-state index in [-0.39, 0.29) is 10.8 Å². The third kappa shape index (κ3) is 2.07. The van der Waals surface area contributed by atoms with E-state index in [4.69, 9.17) is 0 Å². The van der Waals surface area contributed by atoms with Crippen LogP contribution in [0.2, 0.25) is 0 Å². The van der Waals surface area contributed by atoms with E-state index in [2.05, 4.69) is 86.6 Å². The average molecular weight is 367 g/mol. The minimum absolute atomic E-state index is 0.00769. The lowest BCUT2D eigenvalue weighted by Gasteiger charge is -2.57. The predicted octanol–water partition coefficient (Wildman–Crippen LogP) is 7.36. The topological polar surface area (TPSA) is 0 Å². The first-order valence-electron chi connectivity index (χ1n) is 11.1. The number of rotatable bonds is 6. The van der Waals surface area contributed by atoms with E-state index in [0.717, 1.165) is 0 Å². The Labute approximate surface area is 169 Å². The van der Waals surface area contributed by atoms with Crippen molar-refractivity contribution in [3.8, 4) is 0 Å². The fourth-order valence-electron chi connectivity index (χ4n) is 6.24. The van der Waals surface area contributed by atoms with Crippen molar-refractivity contribution in [1.29, 1.82) is 0 Å². The van der Waals surface area contributed by atoms with Gasteiger partial charge >= 0.3 is 0 Å². The Kier molecular flexibility index (Phi) is 4.19. The Hall–Kier alpha value is -2.34. The Bertz CT molecular complexity index is 810. The maximum Gasteiger partial charge on any atom is 0.0460 e. The number of unbranched alkanes of at least 4 members (excludes halogenated alkanes) is 2. The van der Waals surface area contributed by atoms with E-state index in [1.807, 2.05) is 0 Å². The standard InChI is InChI=1S/C28H30/c1-3-5-19-27-21-13-7-10-16-24(21)28(20-6-4-2,25-17-11-8-14-22(25)27)26-18-12-9-15-23(26)27/h7-18H,3-6,19-20H2,1-2H3. The first-order chi connectivity index (χ1) is 13.8. The average Bonchev–Trinajstić information content (AvgIpc) is 2.77. The second-order valence-corrected chi connectivity index (χ2v) is 8.65. The van der Waals surface area contributed by atoms with Crippen molar-refractivity contribution >= 4 is 0 Å². The minimum Gasteiger partial charge on any atom is -0.0654 e. The van der Waals surface area contributed by atoms with Gasteiger partial charge in [0.2, 0.25) is 0 Å². The summed E-state index contributed by atoms with van der Waals surface area (Å²) in [6.07, 6.45) is 7.35. The van der Waals surface area contributed by atoms with Crippen molar-refractivity contribution in [1.82, 2.24) is 0 Å². The summed E-state index contributed by atoms with van der Waals surface area (Å²) in [6, 6.07) is 28.1. The largest absolute Gasteiger partial charge is 0.0654 e. The van der Waals surface area contributed by atoms with Crippen LogP contribution in [0.15, 0.2) is 72.8 Å². The van der Waals surface area contributed by atoms with Crippen molar-refractivity contribution in [3.63, 3.8) is 0 Å². The zero-order valence-corrected chi connectivity index (χ0v) is 17.2. The summed E-state index contributed by atoms with van der Waals surface area (Å²) >= 11 is 0. The smallest absolute Gasteiger partial charge is 0.0460 e. The summed E-state index contributed by atoms with van der Waals surface area (Å²) in [5, 5.41) is 0. The van der Waals surface area contributed by atoms with Crippen molar-refractivity contribution in [2.24, 2.45) is 0 Å². The number of benzene rings is 3. The molecule has 2 bridgehead atoms. The molecule has 142 valence electrons. The van der Waals surface area contributed by atoms with Gasteiger partial charge in [0.05, 0.1) is 0 Å². The van der Waals surface area contributed by atoms with Crippen molar-refractivity contribution in [2.75, 3.05) is 0 Å². The molecule has 0 aromatic heterocycles. The molecular weight excluding hydrogens is 336 g/mol. The van der Waals surface area contributed by atoms with E-state index in [0.29, 0.717) is 0 Å². The van der Waals surface area contributed by atoms with Crippen LogP contribution in [0.25, 0.3) is 0 Å². The lowest BCUT2D eigenvalue weighted by molar-refractivity contribution is 0.404. The second-order valence-electron chi connectivity index (χ2n) is 8.65. The molecular formula is C28H30. The molecule has 3 aliphatic carbocycles. The monoisotopic (exact) mass is 366 g/mol. The fraction of sp³-hybridized carbons (Fsp3) is 0.357. The first-order valence-corrected chi connectivity index (χ1v) is 11.1. The van der Waals surface area contributed by atoms with Gasteiger partial charge in [-0.2, -0.15) is 0 Å². The highest BCUT2D eigenvalue weighted by molar-refractivity contribution is 5.75. The molecule has 3 aliphatic rings. The maximum absolute atomic E-state index is 2.43. The van der Waals surface area contributed by atoms with Gasteiger partial charge in [0.1, 0.15) is 0 Å². The van der Waals surface area contributed by atoms with Gasteiger partial charge in [-0.25, -0.2) is 0 Å². The van der Waals surface area contributed by atoms with Gasteiger partial charge in [0.25, 0.3) is 0 Å². The van der Waals surface area contributed by atoms with Crippen LogP contribution >= 0.6 is 0 Å². The highest BCUT2D eigenvalue weighted by Gasteiger charge is 2.57. The van der Waals surface area contributed by atoms with E-state index >= 15 is 0 Å². The zero-order valence-electron chi connectivity index (χ0n) is 17.2. The zero-order chi connectivity index (χ0) is 19.2. The summed E-state index contributed by atoms with van der Waals surface area (Å²) < 4.78 is 0. The number of hydrogen-bond acceptors (Lipinski definition) is 0. The van der Waals surface area contributed by atoms with Gasteiger partial charge in [-0.15, -0.1) is 0 Å². The molecule has 0 radical (unpaired) electrons. The Morgan fingerprint density at radius 1 is 0.464 bits per heavy atom. The Morgan fingerprint density at radius 3 is 0.929 bits per heavy atom. The summed E-state index contributed by atoms with van der Waals surface area (Å²) in [5.41, 5.74) is 9.42. The van der Waals surface area contributed by atoms with Gasteiger partial charge in [0.15, 0.2) is 0 Å².